The van der Waals surface area contributed by atoms with Crippen LogP contribution in [0.4, 0.5) is 10.1 Å². The summed E-state index contributed by atoms with van der Waals surface area (Å²) < 4.78 is 12.9. The van der Waals surface area contributed by atoms with E-state index < -0.39 is 0 Å². The van der Waals surface area contributed by atoms with Gasteiger partial charge in [0.2, 0.25) is 5.91 Å². The van der Waals surface area contributed by atoms with E-state index in [2.05, 4.69) is 15.3 Å². The number of carbonyl (C=O) groups excluding carboxylic acids is 1. The molecule has 142 valence electrons. The van der Waals surface area contributed by atoms with Crippen molar-refractivity contribution in [3.05, 3.63) is 65.9 Å². The van der Waals surface area contributed by atoms with E-state index in [1.54, 1.807) is 18.0 Å². The minimum Gasteiger partial charge on any atom is -0.509 e. The topological polar surface area (TPSA) is 105 Å². The third-order valence-electron chi connectivity index (χ3n) is 3.99. The van der Waals surface area contributed by atoms with Gasteiger partial charge in [-0.3, -0.25) is 9.69 Å². The summed E-state index contributed by atoms with van der Waals surface area (Å²) in [5.74, 6) is -0.645. The van der Waals surface area contributed by atoms with E-state index in [9.17, 15) is 19.6 Å². The number of nitrogens with zero attached hydrogens (tertiary/aromatic N) is 3. The average Bonchev–Trinajstić information content (AvgIpc) is 3.07. The number of aromatic nitrogens is 2. The molecule has 0 aliphatic heterocycles. The van der Waals surface area contributed by atoms with Gasteiger partial charge in [-0.25, -0.2) is 9.37 Å². The fourth-order valence-corrected chi connectivity index (χ4v) is 2.69. The molecule has 0 unspecified atom stereocenters. The zero-order chi connectivity index (χ0) is 20.1. The lowest BCUT2D eigenvalue weighted by atomic mass is 10.2. The van der Waals surface area contributed by atoms with E-state index >= 15 is 0 Å². The Morgan fingerprint density at radius 2 is 1.96 bits per heavy atom. The van der Waals surface area contributed by atoms with Gasteiger partial charge in [0.25, 0.3) is 0 Å². The van der Waals surface area contributed by atoms with Crippen molar-refractivity contribution in [2.75, 3.05) is 25.5 Å². The zero-order valence-electron chi connectivity index (χ0n) is 15.1. The lowest BCUT2D eigenvalue weighted by molar-refractivity contribution is -0.117. The van der Waals surface area contributed by atoms with Crippen LogP contribution in [-0.2, 0) is 4.79 Å². The Kier molecular flexibility index (Phi) is 5.67. The molecule has 7 nitrogen and oxygen atoms in total. The van der Waals surface area contributed by atoms with Crippen LogP contribution in [0.5, 0.6) is 0 Å². The summed E-state index contributed by atoms with van der Waals surface area (Å²) in [5.41, 5.74) is 1.93. The van der Waals surface area contributed by atoms with E-state index in [1.807, 2.05) is 24.3 Å². The first kappa shape index (κ1) is 19.1. The number of H-pyrrole nitrogens is 1. The summed E-state index contributed by atoms with van der Waals surface area (Å²) in [4.78, 5) is 20.9. The summed E-state index contributed by atoms with van der Waals surface area (Å²) >= 11 is 0. The van der Waals surface area contributed by atoms with Crippen LogP contribution in [0.2, 0.25) is 0 Å². The maximum Gasteiger partial charge on any atom is 0.238 e. The molecule has 8 heteroatoms. The molecule has 2 aromatic carbocycles. The molecule has 1 aromatic heterocycles. The van der Waals surface area contributed by atoms with Crippen molar-refractivity contribution < 1.29 is 14.3 Å². The second kappa shape index (κ2) is 8.33. The Labute approximate surface area is 160 Å². The summed E-state index contributed by atoms with van der Waals surface area (Å²) in [5, 5.41) is 22.4. The van der Waals surface area contributed by atoms with Gasteiger partial charge < -0.3 is 15.4 Å². The minimum atomic E-state index is -0.389. The number of aliphatic hydroxyl groups excluding tert-OH is 1. The van der Waals surface area contributed by atoms with Crippen molar-refractivity contribution in [1.29, 1.82) is 5.26 Å². The van der Waals surface area contributed by atoms with Crippen LogP contribution in [-0.4, -0.2) is 46.0 Å². The summed E-state index contributed by atoms with van der Waals surface area (Å²) in [7, 11) is 1.63. The van der Waals surface area contributed by atoms with Gasteiger partial charge in [0.05, 0.1) is 24.1 Å². The molecule has 0 saturated heterocycles. The highest BCUT2D eigenvalue weighted by Crippen LogP contribution is 2.19. The Morgan fingerprint density at radius 3 is 2.64 bits per heavy atom. The highest BCUT2D eigenvalue weighted by Gasteiger charge is 2.16. The number of imidazole rings is 1. The first-order valence-corrected chi connectivity index (χ1v) is 8.47. The normalized spacial score (nSPS) is 11.9. The molecule has 1 amide bonds. The fraction of sp³-hybridized carbons (Fsp3) is 0.150. The zero-order valence-corrected chi connectivity index (χ0v) is 15.1. The molecule has 1 heterocycles. The second-order valence-electron chi connectivity index (χ2n) is 6.26. The number of carbonyl (C=O) groups is 1. The number of likely N-dealkylation sites (N-methyl/N-ethyl adjacent to an activating group) is 1. The minimum absolute atomic E-state index is 0.0157. The van der Waals surface area contributed by atoms with Crippen molar-refractivity contribution in [3.8, 4) is 6.07 Å². The summed E-state index contributed by atoms with van der Waals surface area (Å²) in [6.07, 6.45) is 0. The van der Waals surface area contributed by atoms with Gasteiger partial charge in [0.15, 0.2) is 5.82 Å². The molecule has 3 rings (SSSR count). The predicted octanol–water partition coefficient (Wildman–Crippen LogP) is 3.07. The molecular weight excluding hydrogens is 361 g/mol. The third kappa shape index (κ3) is 4.52. The van der Waals surface area contributed by atoms with Gasteiger partial charge >= 0.3 is 0 Å². The fourth-order valence-electron chi connectivity index (χ4n) is 2.69. The Morgan fingerprint density at radius 1 is 1.25 bits per heavy atom. The van der Waals surface area contributed by atoms with Gasteiger partial charge in [0, 0.05) is 5.69 Å². The lowest BCUT2D eigenvalue weighted by Crippen LogP contribution is -2.31. The van der Waals surface area contributed by atoms with Crippen molar-refractivity contribution in [1.82, 2.24) is 14.9 Å². The first-order chi connectivity index (χ1) is 13.5. The number of rotatable bonds is 6. The van der Waals surface area contributed by atoms with Crippen LogP contribution >= 0.6 is 0 Å². The quantitative estimate of drug-likeness (QED) is 0.451. The molecule has 0 saturated carbocycles. The van der Waals surface area contributed by atoms with E-state index in [0.717, 1.165) is 5.52 Å². The van der Waals surface area contributed by atoms with E-state index in [0.29, 0.717) is 11.2 Å². The van der Waals surface area contributed by atoms with E-state index in [1.165, 1.54) is 24.3 Å². The number of anilines is 1. The molecule has 3 N–H and O–H groups in total. The van der Waals surface area contributed by atoms with Crippen molar-refractivity contribution in [2.24, 2.45) is 0 Å². The standard InChI is InChI=1S/C20H18FN5O2/c1-26(12-19(28)23-14-8-6-13(21)7-9-14)11-18(27)15(10-22)20-24-16-4-2-3-5-17(16)25-20/h2-9,27H,11-12H2,1H3,(H,23,28)(H,24,25)/b18-15-. The monoisotopic (exact) mass is 379 g/mol. The van der Waals surface area contributed by atoms with Gasteiger partial charge in [-0.05, 0) is 43.4 Å². The molecule has 0 aliphatic carbocycles. The Balaban J connectivity index is 1.67. The van der Waals surface area contributed by atoms with Crippen molar-refractivity contribution in [2.45, 2.75) is 0 Å². The number of benzene rings is 2. The highest BCUT2D eigenvalue weighted by molar-refractivity contribution is 5.92. The summed E-state index contributed by atoms with van der Waals surface area (Å²) in [6, 6.07) is 14.7. The highest BCUT2D eigenvalue weighted by atomic mass is 19.1. The van der Waals surface area contributed by atoms with Crippen LogP contribution in [0.15, 0.2) is 54.3 Å². The largest absolute Gasteiger partial charge is 0.509 e. The van der Waals surface area contributed by atoms with Crippen molar-refractivity contribution >= 4 is 28.2 Å². The Hall–Kier alpha value is -3.70. The maximum absolute atomic E-state index is 12.9. The van der Waals surface area contributed by atoms with Gasteiger partial charge in [-0.1, -0.05) is 12.1 Å². The third-order valence-corrected chi connectivity index (χ3v) is 3.99. The van der Waals surface area contributed by atoms with Crippen molar-refractivity contribution in [3.63, 3.8) is 0 Å². The molecule has 0 bridgehead atoms. The van der Waals surface area contributed by atoms with Crippen LogP contribution in [0.3, 0.4) is 0 Å². The maximum atomic E-state index is 12.9. The number of halogens is 1. The lowest BCUT2D eigenvalue weighted by Gasteiger charge is -2.16. The molecular formula is C20H18FN5O2. The SMILES string of the molecule is CN(CC(=O)Nc1ccc(F)cc1)C/C(O)=C(\C#N)c1nc2ccccc2[nH]1. The molecule has 0 fully saturated rings. The molecule has 0 radical (unpaired) electrons. The molecule has 0 spiro atoms. The number of fused-ring (bicyclic) bond motifs is 1. The van der Waals surface area contributed by atoms with Crippen LogP contribution < -0.4 is 5.32 Å². The summed E-state index contributed by atoms with van der Waals surface area (Å²) in [6.45, 7) is -0.0446. The second-order valence-corrected chi connectivity index (χ2v) is 6.26. The number of aliphatic hydroxyl groups is 1. The first-order valence-electron chi connectivity index (χ1n) is 8.47. The van der Waals surface area contributed by atoms with E-state index in [-0.39, 0.29) is 42.0 Å². The number of aromatic amines is 1. The number of para-hydroxylation sites is 2. The molecule has 0 aliphatic rings. The van der Waals surface area contributed by atoms with Gasteiger partial charge in [0.1, 0.15) is 23.2 Å². The average molecular weight is 379 g/mol. The van der Waals surface area contributed by atoms with Crippen LogP contribution in [0, 0.1) is 17.1 Å². The number of nitrogens with one attached hydrogen (secondary N) is 2. The van der Waals surface area contributed by atoms with Gasteiger partial charge in [-0.2, -0.15) is 5.26 Å². The molecule has 0 atom stereocenters. The number of amides is 1. The number of hydrogen-bond donors (Lipinski definition) is 3. The van der Waals surface area contributed by atoms with Crippen LogP contribution in [0.25, 0.3) is 16.6 Å². The predicted molar refractivity (Wildman–Crippen MR) is 104 cm³/mol. The van der Waals surface area contributed by atoms with E-state index in [4.69, 9.17) is 0 Å². The molecule has 28 heavy (non-hydrogen) atoms. The number of hydrogen-bond acceptors (Lipinski definition) is 5. The number of nitriles is 1. The number of allylic oxidation sites excluding steroid dienone is 1. The smallest absolute Gasteiger partial charge is 0.238 e. The Bertz CT molecular complexity index is 1030. The molecule has 3 aromatic rings. The van der Waals surface area contributed by atoms with Gasteiger partial charge in [-0.15, -0.1) is 0 Å². The van der Waals surface area contributed by atoms with Crippen LogP contribution in [0.1, 0.15) is 5.82 Å².